The molecule has 1 aliphatic heterocycles. The molecule has 4 aromatic rings. The number of fused-ring (bicyclic) bond motifs is 3. The van der Waals surface area contributed by atoms with Gasteiger partial charge in [-0.1, -0.05) is 0 Å². The number of rotatable bonds is 5. The lowest BCUT2D eigenvalue weighted by Gasteiger charge is -2.12. The maximum Gasteiger partial charge on any atom is 0.227 e. The molecule has 1 aromatic carbocycles. The van der Waals surface area contributed by atoms with E-state index < -0.39 is 5.82 Å². The van der Waals surface area contributed by atoms with Crippen LogP contribution in [0.2, 0.25) is 0 Å². The molecule has 0 fully saturated rings. The zero-order valence-corrected chi connectivity index (χ0v) is 16.0. The van der Waals surface area contributed by atoms with Crippen LogP contribution >= 0.6 is 0 Å². The first-order chi connectivity index (χ1) is 14.7. The van der Waals surface area contributed by atoms with E-state index in [1.54, 1.807) is 6.08 Å². The Balaban J connectivity index is 1.45. The third kappa shape index (κ3) is 3.35. The molecule has 3 aromatic heterocycles. The minimum absolute atomic E-state index is 0.124. The molecule has 30 heavy (non-hydrogen) atoms. The van der Waals surface area contributed by atoms with Gasteiger partial charge in [-0.2, -0.15) is 0 Å². The van der Waals surface area contributed by atoms with E-state index in [0.29, 0.717) is 17.5 Å². The summed E-state index contributed by atoms with van der Waals surface area (Å²) in [5.41, 5.74) is 5.03. The van der Waals surface area contributed by atoms with Gasteiger partial charge in [-0.25, -0.2) is 19.3 Å². The van der Waals surface area contributed by atoms with Crippen LogP contribution in [0.1, 0.15) is 17.1 Å². The number of benzene rings is 1. The van der Waals surface area contributed by atoms with Gasteiger partial charge in [0.05, 0.1) is 18.1 Å². The van der Waals surface area contributed by atoms with Crippen LogP contribution in [-0.2, 0) is 13.0 Å². The van der Waals surface area contributed by atoms with Gasteiger partial charge in [0, 0.05) is 48.0 Å². The van der Waals surface area contributed by atoms with Crippen molar-refractivity contribution in [3.63, 3.8) is 0 Å². The summed E-state index contributed by atoms with van der Waals surface area (Å²) in [6.45, 7) is 1.81. The van der Waals surface area contributed by atoms with E-state index in [-0.39, 0.29) is 5.69 Å². The Bertz CT molecular complexity index is 1270. The average Bonchev–Trinajstić information content (AvgIpc) is 3.38. The number of nitrogens with zero attached hydrogens (tertiary/aromatic N) is 3. The first-order valence-corrected chi connectivity index (χ1v) is 9.57. The van der Waals surface area contributed by atoms with E-state index in [0.717, 1.165) is 48.5 Å². The molecule has 0 saturated heterocycles. The molecule has 8 nitrogen and oxygen atoms in total. The van der Waals surface area contributed by atoms with Crippen molar-refractivity contribution in [3.05, 3.63) is 59.6 Å². The first-order valence-electron chi connectivity index (χ1n) is 9.57. The van der Waals surface area contributed by atoms with E-state index in [1.165, 1.54) is 23.5 Å². The molecule has 0 amide bonds. The topological polar surface area (TPSA) is 118 Å². The summed E-state index contributed by atoms with van der Waals surface area (Å²) in [4.78, 5) is 19.0. The predicted octanol–water partition coefficient (Wildman–Crippen LogP) is 3.54. The molecule has 0 aliphatic carbocycles. The van der Waals surface area contributed by atoms with Crippen LogP contribution in [0.5, 0.6) is 0 Å². The van der Waals surface area contributed by atoms with Crippen molar-refractivity contribution in [3.8, 4) is 11.4 Å². The third-order valence-electron chi connectivity index (χ3n) is 5.05. The summed E-state index contributed by atoms with van der Waals surface area (Å²) in [7, 11) is 0. The van der Waals surface area contributed by atoms with Gasteiger partial charge in [0.2, 0.25) is 5.95 Å². The molecule has 0 spiro atoms. The van der Waals surface area contributed by atoms with Gasteiger partial charge in [0.1, 0.15) is 11.5 Å². The average molecular weight is 402 g/mol. The van der Waals surface area contributed by atoms with Crippen molar-refractivity contribution >= 4 is 34.8 Å². The predicted molar refractivity (Wildman–Crippen MR) is 114 cm³/mol. The van der Waals surface area contributed by atoms with Gasteiger partial charge >= 0.3 is 0 Å². The van der Waals surface area contributed by atoms with Gasteiger partial charge < -0.3 is 26.0 Å². The molecule has 0 saturated carbocycles. The molecule has 1 aliphatic rings. The van der Waals surface area contributed by atoms with E-state index in [1.807, 2.05) is 12.1 Å². The van der Waals surface area contributed by atoms with Crippen molar-refractivity contribution in [1.29, 1.82) is 5.41 Å². The number of H-pyrrole nitrogens is 2. The fraction of sp³-hybridized carbons (Fsp3) is 0.143. The zero-order valence-electron chi connectivity index (χ0n) is 16.0. The number of halogens is 1. The van der Waals surface area contributed by atoms with Crippen LogP contribution in [0.4, 0.5) is 16.0 Å². The standard InChI is InChI=1S/C21H19FN8/c22-15-10-26-21(30-20(15)18-11-25-19(29-18)2-1-6-23)27-12-3-4-16-13(8-12)14-9-24-7-5-17(14)28-16/h1-4,6,8,10-11,23-24,28H,5,7,9H2,(H,25,29)(H,26,27,30)/b2-1-,23-6?. The fourth-order valence-corrected chi connectivity index (χ4v) is 3.65. The van der Waals surface area contributed by atoms with Crippen LogP contribution in [0.3, 0.4) is 0 Å². The van der Waals surface area contributed by atoms with Crippen LogP contribution in [0.25, 0.3) is 28.4 Å². The SMILES string of the molecule is N=C/C=C\c1ncc(-c2nc(Nc3ccc4[nH]c5c(c4c3)CNCC5)ncc2F)[nH]1. The van der Waals surface area contributed by atoms with Crippen molar-refractivity contribution < 1.29 is 4.39 Å². The number of hydrogen-bond acceptors (Lipinski definition) is 6. The number of allylic oxidation sites excluding steroid dienone is 1. The Labute approximate surface area is 171 Å². The van der Waals surface area contributed by atoms with Gasteiger partial charge in [-0.05, 0) is 35.9 Å². The molecular formula is C21H19FN8. The Morgan fingerprint density at radius 1 is 1.17 bits per heavy atom. The first kappa shape index (κ1) is 18.2. The van der Waals surface area contributed by atoms with Crippen molar-refractivity contribution in [1.82, 2.24) is 30.2 Å². The minimum atomic E-state index is -0.548. The molecular weight excluding hydrogens is 383 g/mol. The fourth-order valence-electron chi connectivity index (χ4n) is 3.65. The van der Waals surface area contributed by atoms with Gasteiger partial charge in [-0.15, -0.1) is 0 Å². The molecule has 150 valence electrons. The number of anilines is 2. The summed E-state index contributed by atoms with van der Waals surface area (Å²) < 4.78 is 14.3. The molecule has 9 heteroatoms. The minimum Gasteiger partial charge on any atom is -0.358 e. The van der Waals surface area contributed by atoms with E-state index in [9.17, 15) is 4.39 Å². The number of aromatic amines is 2. The Hall–Kier alpha value is -3.85. The summed E-state index contributed by atoms with van der Waals surface area (Å²) in [5, 5.41) is 14.8. The van der Waals surface area contributed by atoms with Crippen LogP contribution in [-0.4, -0.2) is 37.7 Å². The molecule has 0 radical (unpaired) electrons. The maximum absolute atomic E-state index is 14.3. The Kier molecular flexibility index (Phi) is 4.56. The van der Waals surface area contributed by atoms with Crippen molar-refractivity contribution in [2.75, 3.05) is 11.9 Å². The number of imidazole rings is 1. The molecule has 0 atom stereocenters. The van der Waals surface area contributed by atoms with Crippen LogP contribution in [0.15, 0.2) is 36.7 Å². The summed E-state index contributed by atoms with van der Waals surface area (Å²) in [6, 6.07) is 6.03. The second-order valence-electron chi connectivity index (χ2n) is 6.99. The lowest BCUT2D eigenvalue weighted by molar-refractivity contribution is 0.618. The molecule has 5 N–H and O–H groups in total. The van der Waals surface area contributed by atoms with E-state index in [4.69, 9.17) is 5.41 Å². The molecule has 5 rings (SSSR count). The monoisotopic (exact) mass is 402 g/mol. The lowest BCUT2D eigenvalue weighted by Crippen LogP contribution is -2.22. The lowest BCUT2D eigenvalue weighted by atomic mass is 10.1. The molecule has 4 heterocycles. The Morgan fingerprint density at radius 3 is 3.00 bits per heavy atom. The second-order valence-corrected chi connectivity index (χ2v) is 6.99. The van der Waals surface area contributed by atoms with E-state index >= 15 is 0 Å². The van der Waals surface area contributed by atoms with Gasteiger partial charge in [0.15, 0.2) is 5.82 Å². The summed E-state index contributed by atoms with van der Waals surface area (Å²) in [6.07, 6.45) is 7.92. The highest BCUT2D eigenvalue weighted by atomic mass is 19.1. The Morgan fingerprint density at radius 2 is 2.10 bits per heavy atom. The summed E-state index contributed by atoms with van der Waals surface area (Å²) >= 11 is 0. The van der Waals surface area contributed by atoms with Crippen molar-refractivity contribution in [2.24, 2.45) is 0 Å². The smallest absolute Gasteiger partial charge is 0.227 e. The zero-order chi connectivity index (χ0) is 20.5. The largest absolute Gasteiger partial charge is 0.358 e. The molecule has 0 unspecified atom stereocenters. The van der Waals surface area contributed by atoms with Crippen LogP contribution < -0.4 is 10.6 Å². The quantitative estimate of drug-likeness (QED) is 0.327. The highest BCUT2D eigenvalue weighted by Gasteiger charge is 2.16. The summed E-state index contributed by atoms with van der Waals surface area (Å²) in [5.74, 6) is 0.254. The number of nitrogens with one attached hydrogen (secondary N) is 5. The number of hydrogen-bond donors (Lipinski definition) is 5. The maximum atomic E-state index is 14.3. The third-order valence-corrected chi connectivity index (χ3v) is 5.05. The van der Waals surface area contributed by atoms with Crippen molar-refractivity contribution in [2.45, 2.75) is 13.0 Å². The van der Waals surface area contributed by atoms with Gasteiger partial charge in [0.25, 0.3) is 0 Å². The van der Waals surface area contributed by atoms with Gasteiger partial charge in [-0.3, -0.25) is 0 Å². The highest BCUT2D eigenvalue weighted by molar-refractivity contribution is 5.88. The van der Waals surface area contributed by atoms with E-state index in [2.05, 4.69) is 41.6 Å². The molecule has 0 bridgehead atoms. The normalized spacial score (nSPS) is 13.6. The second kappa shape index (κ2) is 7.53. The number of aromatic nitrogens is 5. The highest BCUT2D eigenvalue weighted by Crippen LogP contribution is 2.29. The van der Waals surface area contributed by atoms with Crippen LogP contribution in [0, 0.1) is 11.2 Å².